The molecule has 1 aromatic rings. The number of piperazine rings is 1. The lowest BCUT2D eigenvalue weighted by Crippen LogP contribution is -2.63. The highest BCUT2D eigenvalue weighted by molar-refractivity contribution is 5.91. The standard InChI is InChI=1S/C12H19N5O/c18-11(10-14-9-15-16-10)17-7-6-13-8-12(17)4-2-1-3-5-12/h9,13H,1-8H2,(H,14,15,16). The van der Waals surface area contributed by atoms with E-state index in [1.54, 1.807) is 0 Å². The van der Waals surface area contributed by atoms with Crippen LogP contribution in [0.15, 0.2) is 6.33 Å². The van der Waals surface area contributed by atoms with Gasteiger partial charge in [0.25, 0.3) is 5.91 Å². The van der Waals surface area contributed by atoms with E-state index in [0.29, 0.717) is 5.82 Å². The Bertz CT molecular complexity index is 402. The van der Waals surface area contributed by atoms with Crippen LogP contribution >= 0.6 is 0 Å². The zero-order valence-electron chi connectivity index (χ0n) is 10.5. The maximum Gasteiger partial charge on any atom is 0.291 e. The Labute approximate surface area is 106 Å². The summed E-state index contributed by atoms with van der Waals surface area (Å²) in [4.78, 5) is 18.5. The van der Waals surface area contributed by atoms with Crippen molar-refractivity contribution in [2.45, 2.75) is 37.6 Å². The second-order valence-corrected chi connectivity index (χ2v) is 5.25. The van der Waals surface area contributed by atoms with Gasteiger partial charge in [0.05, 0.1) is 5.54 Å². The Morgan fingerprint density at radius 1 is 1.33 bits per heavy atom. The van der Waals surface area contributed by atoms with Crippen LogP contribution in [-0.4, -0.2) is 51.2 Å². The topological polar surface area (TPSA) is 73.9 Å². The minimum atomic E-state index is -0.00380. The average molecular weight is 249 g/mol. The Morgan fingerprint density at radius 3 is 2.89 bits per heavy atom. The van der Waals surface area contributed by atoms with Gasteiger partial charge in [-0.05, 0) is 12.8 Å². The van der Waals surface area contributed by atoms with Crippen LogP contribution in [0.5, 0.6) is 0 Å². The molecular formula is C12H19N5O. The minimum absolute atomic E-state index is 0.000370. The van der Waals surface area contributed by atoms with E-state index in [0.717, 1.165) is 32.5 Å². The first-order chi connectivity index (χ1) is 8.82. The molecule has 0 radical (unpaired) electrons. The summed E-state index contributed by atoms with van der Waals surface area (Å²) in [6.07, 6.45) is 7.29. The van der Waals surface area contributed by atoms with Gasteiger partial charge in [0.2, 0.25) is 5.82 Å². The number of hydrogen-bond donors (Lipinski definition) is 2. The average Bonchev–Trinajstić information content (AvgIpc) is 2.93. The van der Waals surface area contributed by atoms with E-state index in [9.17, 15) is 4.79 Å². The maximum absolute atomic E-state index is 12.5. The summed E-state index contributed by atoms with van der Waals surface area (Å²) in [6, 6.07) is 0. The van der Waals surface area contributed by atoms with E-state index >= 15 is 0 Å². The number of hydrogen-bond acceptors (Lipinski definition) is 4. The molecule has 1 aromatic heterocycles. The van der Waals surface area contributed by atoms with Gasteiger partial charge < -0.3 is 10.2 Å². The SMILES string of the molecule is O=C(c1ncn[nH]1)N1CCNCC12CCCCC2. The zero-order valence-corrected chi connectivity index (χ0v) is 10.5. The van der Waals surface area contributed by atoms with Crippen molar-refractivity contribution >= 4 is 5.91 Å². The molecule has 1 aliphatic heterocycles. The highest BCUT2D eigenvalue weighted by Crippen LogP contribution is 2.35. The number of aromatic nitrogens is 3. The highest BCUT2D eigenvalue weighted by Gasteiger charge is 2.42. The van der Waals surface area contributed by atoms with Crippen LogP contribution < -0.4 is 5.32 Å². The van der Waals surface area contributed by atoms with E-state index < -0.39 is 0 Å². The van der Waals surface area contributed by atoms with Crippen LogP contribution in [0.4, 0.5) is 0 Å². The monoisotopic (exact) mass is 249 g/mol. The van der Waals surface area contributed by atoms with Crippen molar-refractivity contribution < 1.29 is 4.79 Å². The lowest BCUT2D eigenvalue weighted by Gasteiger charge is -2.49. The Hall–Kier alpha value is -1.43. The van der Waals surface area contributed by atoms with Crippen molar-refractivity contribution in [3.63, 3.8) is 0 Å². The molecule has 0 atom stereocenters. The third-order valence-corrected chi connectivity index (χ3v) is 4.19. The fourth-order valence-corrected chi connectivity index (χ4v) is 3.25. The van der Waals surface area contributed by atoms with Gasteiger partial charge in [-0.25, -0.2) is 4.98 Å². The predicted octanol–water partition coefficient (Wildman–Crippen LogP) is 0.553. The van der Waals surface area contributed by atoms with Gasteiger partial charge in [0, 0.05) is 19.6 Å². The van der Waals surface area contributed by atoms with Crippen LogP contribution in [0.25, 0.3) is 0 Å². The van der Waals surface area contributed by atoms with Crippen molar-refractivity contribution in [3.05, 3.63) is 12.2 Å². The van der Waals surface area contributed by atoms with E-state index in [1.165, 1.54) is 25.6 Å². The Kier molecular flexibility index (Phi) is 3.03. The van der Waals surface area contributed by atoms with Gasteiger partial charge in [-0.1, -0.05) is 19.3 Å². The third kappa shape index (κ3) is 1.90. The normalized spacial score (nSPS) is 23.2. The van der Waals surface area contributed by atoms with Crippen LogP contribution in [0, 0.1) is 0 Å². The summed E-state index contributed by atoms with van der Waals surface area (Å²) < 4.78 is 0. The van der Waals surface area contributed by atoms with Gasteiger partial charge in [-0.2, -0.15) is 5.10 Å². The molecule has 2 heterocycles. The summed E-state index contributed by atoms with van der Waals surface area (Å²) in [5, 5.41) is 9.89. The summed E-state index contributed by atoms with van der Waals surface area (Å²) >= 11 is 0. The van der Waals surface area contributed by atoms with Crippen LogP contribution in [0.1, 0.15) is 42.7 Å². The van der Waals surface area contributed by atoms with Gasteiger partial charge in [0.1, 0.15) is 6.33 Å². The number of nitrogens with one attached hydrogen (secondary N) is 2. The molecule has 1 aliphatic carbocycles. The molecule has 0 aromatic carbocycles. The lowest BCUT2D eigenvalue weighted by atomic mass is 9.79. The molecule has 98 valence electrons. The van der Waals surface area contributed by atoms with Crippen molar-refractivity contribution in [2.24, 2.45) is 0 Å². The Balaban J connectivity index is 1.85. The second-order valence-electron chi connectivity index (χ2n) is 5.25. The molecule has 2 fully saturated rings. The van der Waals surface area contributed by atoms with Gasteiger partial charge in [0.15, 0.2) is 0 Å². The number of nitrogens with zero attached hydrogens (tertiary/aromatic N) is 3. The Morgan fingerprint density at radius 2 is 2.17 bits per heavy atom. The second kappa shape index (κ2) is 4.68. The molecule has 1 saturated carbocycles. The molecule has 0 bridgehead atoms. The zero-order chi connectivity index (χ0) is 12.4. The van der Waals surface area contributed by atoms with E-state index in [2.05, 4.69) is 20.5 Å². The van der Waals surface area contributed by atoms with Gasteiger partial charge >= 0.3 is 0 Å². The van der Waals surface area contributed by atoms with Crippen LogP contribution in [0.3, 0.4) is 0 Å². The molecule has 1 spiro atoms. The first kappa shape index (κ1) is 11.6. The largest absolute Gasteiger partial charge is 0.328 e. The van der Waals surface area contributed by atoms with Crippen LogP contribution in [-0.2, 0) is 0 Å². The number of carbonyl (C=O) groups is 1. The first-order valence-corrected chi connectivity index (χ1v) is 6.70. The quantitative estimate of drug-likeness (QED) is 0.762. The smallest absolute Gasteiger partial charge is 0.291 e. The van der Waals surface area contributed by atoms with E-state index in [1.807, 2.05) is 4.90 Å². The number of rotatable bonds is 1. The molecule has 3 rings (SSSR count). The van der Waals surface area contributed by atoms with Crippen molar-refractivity contribution in [1.29, 1.82) is 0 Å². The molecule has 6 heteroatoms. The first-order valence-electron chi connectivity index (χ1n) is 6.70. The fraction of sp³-hybridized carbons (Fsp3) is 0.750. The van der Waals surface area contributed by atoms with Crippen molar-refractivity contribution in [2.75, 3.05) is 19.6 Å². The highest BCUT2D eigenvalue weighted by atomic mass is 16.2. The predicted molar refractivity (Wildman–Crippen MR) is 66.1 cm³/mol. The molecule has 0 unspecified atom stereocenters. The molecule has 2 N–H and O–H groups in total. The van der Waals surface area contributed by atoms with Crippen LogP contribution in [0.2, 0.25) is 0 Å². The minimum Gasteiger partial charge on any atom is -0.328 e. The number of carbonyl (C=O) groups excluding carboxylic acids is 1. The summed E-state index contributed by atoms with van der Waals surface area (Å²) in [5.41, 5.74) is 0.000370. The number of amides is 1. The number of aromatic amines is 1. The third-order valence-electron chi connectivity index (χ3n) is 4.19. The number of H-pyrrole nitrogens is 1. The fourth-order valence-electron chi connectivity index (χ4n) is 3.25. The lowest BCUT2D eigenvalue weighted by molar-refractivity contribution is 0.0212. The van der Waals surface area contributed by atoms with Gasteiger partial charge in [-0.15, -0.1) is 0 Å². The molecule has 1 saturated heterocycles. The summed E-state index contributed by atoms with van der Waals surface area (Å²) in [7, 11) is 0. The summed E-state index contributed by atoms with van der Waals surface area (Å²) in [5.74, 6) is 0.359. The molecule has 2 aliphatic rings. The molecule has 18 heavy (non-hydrogen) atoms. The van der Waals surface area contributed by atoms with E-state index in [-0.39, 0.29) is 11.4 Å². The summed E-state index contributed by atoms with van der Waals surface area (Å²) in [6.45, 7) is 2.54. The molecule has 1 amide bonds. The van der Waals surface area contributed by atoms with Crippen molar-refractivity contribution in [1.82, 2.24) is 25.4 Å². The maximum atomic E-state index is 12.5. The van der Waals surface area contributed by atoms with Crippen molar-refractivity contribution in [3.8, 4) is 0 Å². The molecular weight excluding hydrogens is 230 g/mol. The van der Waals surface area contributed by atoms with E-state index in [4.69, 9.17) is 0 Å². The van der Waals surface area contributed by atoms with Gasteiger partial charge in [-0.3, -0.25) is 9.89 Å². The molecule has 6 nitrogen and oxygen atoms in total.